The molecule has 0 amide bonds. The Hall–Kier alpha value is -2.28. The Bertz CT molecular complexity index is 870. The molecule has 0 aromatic carbocycles. The summed E-state index contributed by atoms with van der Waals surface area (Å²) in [5.74, 6) is 0.565. The second kappa shape index (κ2) is 5.25. The van der Waals surface area contributed by atoms with Crippen LogP contribution in [-0.2, 0) is 0 Å². The van der Waals surface area contributed by atoms with Crippen molar-refractivity contribution in [3.05, 3.63) is 56.1 Å². The van der Waals surface area contributed by atoms with Crippen molar-refractivity contribution in [2.24, 2.45) is 0 Å². The molecule has 7 heteroatoms. The summed E-state index contributed by atoms with van der Waals surface area (Å²) < 4.78 is 2.39. The highest BCUT2D eigenvalue weighted by Gasteiger charge is 2.06. The van der Waals surface area contributed by atoms with Crippen LogP contribution in [0.25, 0.3) is 17.8 Å². The lowest BCUT2D eigenvalue weighted by atomic mass is 10.3. The first kappa shape index (κ1) is 13.7. The van der Waals surface area contributed by atoms with Crippen molar-refractivity contribution in [2.75, 3.05) is 0 Å². The molecule has 0 saturated carbocycles. The number of rotatable bonds is 2. The standard InChI is InChI=1S/C14H12BrN5O/c1-8-7-16-9(2)14-18-13(19-20(8)14)4-3-10-5-11(21)6-12(15)17-10/h3-7H,1-2H3,(H,17,21)/b4-3+. The topological polar surface area (TPSA) is 75.9 Å². The molecule has 0 unspecified atom stereocenters. The lowest BCUT2D eigenvalue weighted by molar-refractivity contribution is 0.884. The molecule has 0 radical (unpaired) electrons. The van der Waals surface area contributed by atoms with E-state index in [1.807, 2.05) is 13.8 Å². The Balaban J connectivity index is 2.01. The van der Waals surface area contributed by atoms with Gasteiger partial charge in [0.05, 0.1) is 16.0 Å². The molecule has 1 N–H and O–H groups in total. The van der Waals surface area contributed by atoms with Crippen LogP contribution in [0.5, 0.6) is 0 Å². The molecule has 0 bridgehead atoms. The average Bonchev–Trinajstić information content (AvgIpc) is 2.85. The number of pyridine rings is 1. The third kappa shape index (κ3) is 2.78. The van der Waals surface area contributed by atoms with Crippen molar-refractivity contribution in [1.29, 1.82) is 0 Å². The van der Waals surface area contributed by atoms with Gasteiger partial charge in [-0.15, -0.1) is 5.10 Å². The van der Waals surface area contributed by atoms with Crippen LogP contribution in [0.3, 0.4) is 0 Å². The molecule has 3 aromatic heterocycles. The minimum absolute atomic E-state index is 0.0703. The second-order valence-corrected chi connectivity index (χ2v) is 5.50. The number of aryl methyl sites for hydroxylation is 2. The first-order valence-electron chi connectivity index (χ1n) is 6.30. The molecule has 21 heavy (non-hydrogen) atoms. The van der Waals surface area contributed by atoms with E-state index >= 15 is 0 Å². The quantitative estimate of drug-likeness (QED) is 0.723. The Morgan fingerprint density at radius 3 is 2.81 bits per heavy atom. The molecule has 3 heterocycles. The molecular weight excluding hydrogens is 334 g/mol. The number of aromatic amines is 1. The number of nitrogens with one attached hydrogen (secondary N) is 1. The highest BCUT2D eigenvalue weighted by molar-refractivity contribution is 9.10. The minimum Gasteiger partial charge on any atom is -0.350 e. The predicted octanol–water partition coefficient (Wildman–Crippen LogP) is 2.36. The molecule has 0 aliphatic carbocycles. The fourth-order valence-corrected chi connectivity index (χ4v) is 2.42. The molecule has 3 aromatic rings. The molecule has 0 atom stereocenters. The van der Waals surface area contributed by atoms with Crippen molar-refractivity contribution < 1.29 is 0 Å². The fourth-order valence-electron chi connectivity index (χ4n) is 1.97. The molecule has 0 fully saturated rings. The number of fused-ring (bicyclic) bond motifs is 1. The van der Waals surface area contributed by atoms with Gasteiger partial charge >= 0.3 is 0 Å². The summed E-state index contributed by atoms with van der Waals surface area (Å²) in [6.07, 6.45) is 5.28. The summed E-state index contributed by atoms with van der Waals surface area (Å²) in [6.45, 7) is 3.82. The van der Waals surface area contributed by atoms with Crippen molar-refractivity contribution in [2.45, 2.75) is 13.8 Å². The molecule has 3 rings (SSSR count). The largest absolute Gasteiger partial charge is 0.350 e. The number of hydrogen-bond donors (Lipinski definition) is 1. The number of nitrogens with zero attached hydrogens (tertiary/aromatic N) is 4. The summed E-state index contributed by atoms with van der Waals surface area (Å²) in [4.78, 5) is 23.1. The zero-order valence-electron chi connectivity index (χ0n) is 11.5. The van der Waals surface area contributed by atoms with Gasteiger partial charge in [0, 0.05) is 24.0 Å². The maximum absolute atomic E-state index is 11.4. The van der Waals surface area contributed by atoms with Crippen LogP contribution in [0, 0.1) is 13.8 Å². The number of H-pyrrole nitrogens is 1. The number of halogens is 1. The molecule has 106 valence electrons. The molecule has 0 aliphatic heterocycles. The lowest BCUT2D eigenvalue weighted by Gasteiger charge is -1.97. The summed E-state index contributed by atoms with van der Waals surface area (Å²) in [5.41, 5.74) is 3.08. The Labute approximate surface area is 128 Å². The van der Waals surface area contributed by atoms with Crippen LogP contribution >= 0.6 is 15.9 Å². The van der Waals surface area contributed by atoms with Crippen molar-refractivity contribution in [3.8, 4) is 0 Å². The second-order valence-electron chi connectivity index (χ2n) is 4.64. The van der Waals surface area contributed by atoms with Crippen LogP contribution in [-0.4, -0.2) is 24.6 Å². The van der Waals surface area contributed by atoms with Gasteiger partial charge in [-0.25, -0.2) is 9.50 Å². The van der Waals surface area contributed by atoms with Crippen LogP contribution in [0.4, 0.5) is 0 Å². The highest BCUT2D eigenvalue weighted by Crippen LogP contribution is 2.10. The Kier molecular flexibility index (Phi) is 3.42. The highest BCUT2D eigenvalue weighted by atomic mass is 79.9. The van der Waals surface area contributed by atoms with Gasteiger partial charge in [0.1, 0.15) is 0 Å². The van der Waals surface area contributed by atoms with Crippen LogP contribution in [0.2, 0.25) is 0 Å². The van der Waals surface area contributed by atoms with E-state index < -0.39 is 0 Å². The van der Waals surface area contributed by atoms with Crippen molar-refractivity contribution in [1.82, 2.24) is 24.6 Å². The summed E-state index contributed by atoms with van der Waals surface area (Å²) in [5, 5.41) is 4.41. The van der Waals surface area contributed by atoms with Gasteiger partial charge < -0.3 is 4.98 Å². The van der Waals surface area contributed by atoms with Gasteiger partial charge in [0.25, 0.3) is 0 Å². The third-order valence-electron chi connectivity index (χ3n) is 2.97. The predicted molar refractivity (Wildman–Crippen MR) is 83.9 cm³/mol. The summed E-state index contributed by atoms with van der Waals surface area (Å²) in [6, 6.07) is 2.98. The SMILES string of the molecule is Cc1ncc(C)n2nc(/C=C/c3cc(=O)cc(Br)[nH]3)nc12. The normalized spacial score (nSPS) is 11.6. The monoisotopic (exact) mass is 345 g/mol. The molecule has 0 spiro atoms. The number of aromatic nitrogens is 5. The molecule has 0 aliphatic rings. The van der Waals surface area contributed by atoms with E-state index in [1.165, 1.54) is 12.1 Å². The van der Waals surface area contributed by atoms with E-state index in [2.05, 4.69) is 36.0 Å². The van der Waals surface area contributed by atoms with E-state index in [1.54, 1.807) is 22.9 Å². The molecule has 6 nitrogen and oxygen atoms in total. The van der Waals surface area contributed by atoms with Crippen LogP contribution in [0.1, 0.15) is 22.9 Å². The van der Waals surface area contributed by atoms with E-state index in [9.17, 15) is 4.79 Å². The minimum atomic E-state index is -0.0703. The fraction of sp³-hybridized carbons (Fsp3) is 0.143. The average molecular weight is 346 g/mol. The van der Waals surface area contributed by atoms with Gasteiger partial charge in [-0.2, -0.15) is 0 Å². The van der Waals surface area contributed by atoms with E-state index in [0.717, 1.165) is 17.0 Å². The first-order chi connectivity index (χ1) is 10.0. The maximum atomic E-state index is 11.4. The lowest BCUT2D eigenvalue weighted by Crippen LogP contribution is -1.99. The third-order valence-corrected chi connectivity index (χ3v) is 3.40. The Morgan fingerprint density at radius 2 is 2.10 bits per heavy atom. The first-order valence-corrected chi connectivity index (χ1v) is 7.09. The maximum Gasteiger partial charge on any atom is 0.183 e. The van der Waals surface area contributed by atoms with Crippen molar-refractivity contribution >= 4 is 33.7 Å². The van der Waals surface area contributed by atoms with Gasteiger partial charge in [0.2, 0.25) is 0 Å². The zero-order chi connectivity index (χ0) is 15.0. The van der Waals surface area contributed by atoms with E-state index in [0.29, 0.717) is 16.1 Å². The van der Waals surface area contributed by atoms with Gasteiger partial charge in [-0.05, 0) is 41.9 Å². The summed E-state index contributed by atoms with van der Waals surface area (Å²) in [7, 11) is 0. The summed E-state index contributed by atoms with van der Waals surface area (Å²) >= 11 is 3.25. The van der Waals surface area contributed by atoms with Crippen LogP contribution < -0.4 is 5.43 Å². The smallest absolute Gasteiger partial charge is 0.183 e. The Morgan fingerprint density at radius 1 is 1.29 bits per heavy atom. The van der Waals surface area contributed by atoms with Crippen LogP contribution in [0.15, 0.2) is 27.7 Å². The molecular formula is C14H12BrN5O. The van der Waals surface area contributed by atoms with E-state index in [4.69, 9.17) is 0 Å². The zero-order valence-corrected chi connectivity index (χ0v) is 13.0. The van der Waals surface area contributed by atoms with E-state index in [-0.39, 0.29) is 5.43 Å². The van der Waals surface area contributed by atoms with Gasteiger partial charge in [0.15, 0.2) is 16.9 Å². The number of hydrogen-bond acceptors (Lipinski definition) is 4. The molecule has 0 saturated heterocycles. The van der Waals surface area contributed by atoms with Crippen molar-refractivity contribution in [3.63, 3.8) is 0 Å². The van der Waals surface area contributed by atoms with Gasteiger partial charge in [-0.1, -0.05) is 0 Å². The van der Waals surface area contributed by atoms with Gasteiger partial charge in [-0.3, -0.25) is 9.78 Å².